The van der Waals surface area contributed by atoms with E-state index in [2.05, 4.69) is 5.43 Å². The van der Waals surface area contributed by atoms with E-state index >= 15 is 0 Å². The van der Waals surface area contributed by atoms with E-state index in [0.717, 1.165) is 11.3 Å². The van der Waals surface area contributed by atoms with Crippen LogP contribution in [0.4, 0.5) is 0 Å². The maximum Gasteiger partial charge on any atom is 0.133 e. The van der Waals surface area contributed by atoms with E-state index in [1.807, 2.05) is 37.3 Å². The molecule has 1 rings (SSSR count). The minimum absolute atomic E-state index is 0.467. The van der Waals surface area contributed by atoms with Gasteiger partial charge in [-0.05, 0) is 24.6 Å². The van der Waals surface area contributed by atoms with Crippen LogP contribution < -0.4 is 16.0 Å². The molecule has 74 valence electrons. The lowest BCUT2D eigenvalue weighted by Gasteiger charge is -2.08. The number of nitriles is 1. The predicted molar refractivity (Wildman–Crippen MR) is 53.3 cm³/mol. The molecule has 0 aliphatic carbocycles. The van der Waals surface area contributed by atoms with Crippen molar-refractivity contribution < 1.29 is 4.74 Å². The predicted octanol–water partition coefficient (Wildman–Crippen LogP) is 1.11. The standard InChI is InChI=1S/C10H13N3O/c1-2-14-9-5-3-8(4-6-9)10(7-11)13-12/h3-6,10,13H,2,12H2,1H3. The number of nitrogens with one attached hydrogen (secondary N) is 1. The van der Waals surface area contributed by atoms with Crippen LogP contribution in [0.15, 0.2) is 24.3 Å². The van der Waals surface area contributed by atoms with Gasteiger partial charge < -0.3 is 4.74 Å². The van der Waals surface area contributed by atoms with Gasteiger partial charge in [0.05, 0.1) is 12.7 Å². The van der Waals surface area contributed by atoms with Gasteiger partial charge in [0, 0.05) is 0 Å². The highest BCUT2D eigenvalue weighted by Crippen LogP contribution is 2.16. The minimum Gasteiger partial charge on any atom is -0.494 e. The molecule has 0 amide bonds. The number of ether oxygens (including phenoxy) is 1. The van der Waals surface area contributed by atoms with E-state index in [0.29, 0.717) is 6.61 Å². The molecule has 1 unspecified atom stereocenters. The highest BCUT2D eigenvalue weighted by molar-refractivity contribution is 5.31. The monoisotopic (exact) mass is 191 g/mol. The fourth-order valence-corrected chi connectivity index (χ4v) is 1.13. The molecule has 0 aliphatic rings. The van der Waals surface area contributed by atoms with Crippen molar-refractivity contribution in [2.75, 3.05) is 6.61 Å². The summed E-state index contributed by atoms with van der Waals surface area (Å²) in [5.74, 6) is 6.00. The van der Waals surface area contributed by atoms with Crippen LogP contribution in [0.1, 0.15) is 18.5 Å². The molecule has 0 radical (unpaired) electrons. The van der Waals surface area contributed by atoms with Gasteiger partial charge in [-0.15, -0.1) is 0 Å². The zero-order valence-electron chi connectivity index (χ0n) is 8.03. The fraction of sp³-hybridized carbons (Fsp3) is 0.300. The van der Waals surface area contributed by atoms with Crippen LogP contribution in [0, 0.1) is 11.3 Å². The van der Waals surface area contributed by atoms with Crippen molar-refractivity contribution in [3.63, 3.8) is 0 Å². The van der Waals surface area contributed by atoms with E-state index in [1.54, 1.807) is 0 Å². The second kappa shape index (κ2) is 5.22. The Hall–Kier alpha value is -1.57. The van der Waals surface area contributed by atoms with Crippen molar-refractivity contribution in [1.29, 1.82) is 5.26 Å². The quantitative estimate of drug-likeness (QED) is 0.552. The Balaban J connectivity index is 2.77. The Bertz CT molecular complexity index is 315. The van der Waals surface area contributed by atoms with E-state index < -0.39 is 6.04 Å². The average molecular weight is 191 g/mol. The highest BCUT2D eigenvalue weighted by Gasteiger charge is 2.06. The van der Waals surface area contributed by atoms with E-state index in [9.17, 15) is 0 Å². The van der Waals surface area contributed by atoms with Gasteiger partial charge in [-0.1, -0.05) is 12.1 Å². The smallest absolute Gasteiger partial charge is 0.133 e. The Morgan fingerprint density at radius 2 is 2.14 bits per heavy atom. The molecule has 0 spiro atoms. The maximum absolute atomic E-state index is 8.73. The molecule has 0 heterocycles. The van der Waals surface area contributed by atoms with Gasteiger partial charge in [-0.2, -0.15) is 5.26 Å². The number of hydrazine groups is 1. The van der Waals surface area contributed by atoms with E-state index in [4.69, 9.17) is 15.8 Å². The number of hydrogen-bond donors (Lipinski definition) is 2. The van der Waals surface area contributed by atoms with Gasteiger partial charge in [-0.3, -0.25) is 5.84 Å². The second-order valence-electron chi connectivity index (χ2n) is 2.73. The summed E-state index contributed by atoms with van der Waals surface area (Å²) in [6, 6.07) is 8.85. The molecule has 1 aromatic rings. The summed E-state index contributed by atoms with van der Waals surface area (Å²) in [6.07, 6.45) is 0. The SMILES string of the molecule is CCOc1ccc(C(C#N)NN)cc1. The van der Waals surface area contributed by atoms with Crippen LogP contribution in [-0.2, 0) is 0 Å². The lowest BCUT2D eigenvalue weighted by Crippen LogP contribution is -2.26. The number of benzene rings is 1. The average Bonchev–Trinajstić information content (AvgIpc) is 2.23. The first-order chi connectivity index (χ1) is 6.81. The first-order valence-electron chi connectivity index (χ1n) is 4.40. The molecule has 14 heavy (non-hydrogen) atoms. The highest BCUT2D eigenvalue weighted by atomic mass is 16.5. The molecular weight excluding hydrogens is 178 g/mol. The van der Waals surface area contributed by atoms with Crippen molar-refractivity contribution in [2.45, 2.75) is 13.0 Å². The van der Waals surface area contributed by atoms with Crippen LogP contribution >= 0.6 is 0 Å². The topological polar surface area (TPSA) is 71.1 Å². The molecule has 0 saturated heterocycles. The summed E-state index contributed by atoms with van der Waals surface area (Å²) in [5.41, 5.74) is 3.25. The number of nitrogens with two attached hydrogens (primary N) is 1. The van der Waals surface area contributed by atoms with Crippen LogP contribution in [0.3, 0.4) is 0 Å². The van der Waals surface area contributed by atoms with Crippen LogP contribution in [0.25, 0.3) is 0 Å². The Morgan fingerprint density at radius 3 is 2.57 bits per heavy atom. The van der Waals surface area contributed by atoms with Crippen molar-refractivity contribution in [1.82, 2.24) is 5.43 Å². The van der Waals surface area contributed by atoms with Crippen LogP contribution in [-0.4, -0.2) is 6.61 Å². The van der Waals surface area contributed by atoms with Gasteiger partial charge in [0.2, 0.25) is 0 Å². The fourth-order valence-electron chi connectivity index (χ4n) is 1.13. The summed E-state index contributed by atoms with van der Waals surface area (Å²) in [6.45, 7) is 2.56. The van der Waals surface area contributed by atoms with Gasteiger partial charge in [0.25, 0.3) is 0 Å². The molecule has 0 fully saturated rings. The molecule has 0 bridgehead atoms. The number of nitrogens with zero attached hydrogens (tertiary/aromatic N) is 1. The first kappa shape index (κ1) is 10.5. The molecule has 0 aliphatic heterocycles. The third-order valence-electron chi connectivity index (χ3n) is 1.82. The minimum atomic E-state index is -0.467. The van der Waals surface area contributed by atoms with Gasteiger partial charge in [0.15, 0.2) is 0 Å². The Morgan fingerprint density at radius 1 is 1.50 bits per heavy atom. The van der Waals surface area contributed by atoms with Gasteiger partial charge >= 0.3 is 0 Å². The number of hydrogen-bond acceptors (Lipinski definition) is 4. The molecular formula is C10H13N3O. The lowest BCUT2D eigenvalue weighted by atomic mass is 10.1. The third kappa shape index (κ3) is 2.46. The zero-order valence-corrected chi connectivity index (χ0v) is 8.03. The summed E-state index contributed by atoms with van der Waals surface area (Å²) < 4.78 is 5.27. The Labute approximate surface area is 83.3 Å². The van der Waals surface area contributed by atoms with Gasteiger partial charge in [0.1, 0.15) is 11.8 Å². The summed E-state index contributed by atoms with van der Waals surface area (Å²) in [7, 11) is 0. The Kier molecular flexibility index (Phi) is 3.92. The van der Waals surface area contributed by atoms with Crippen LogP contribution in [0.5, 0.6) is 5.75 Å². The second-order valence-corrected chi connectivity index (χ2v) is 2.73. The van der Waals surface area contributed by atoms with E-state index in [-0.39, 0.29) is 0 Å². The largest absolute Gasteiger partial charge is 0.494 e. The molecule has 1 aromatic carbocycles. The molecule has 4 nitrogen and oxygen atoms in total. The molecule has 0 saturated carbocycles. The summed E-state index contributed by atoms with van der Waals surface area (Å²) in [4.78, 5) is 0. The summed E-state index contributed by atoms with van der Waals surface area (Å²) >= 11 is 0. The van der Waals surface area contributed by atoms with Crippen molar-refractivity contribution in [3.05, 3.63) is 29.8 Å². The van der Waals surface area contributed by atoms with Gasteiger partial charge in [-0.25, -0.2) is 5.43 Å². The van der Waals surface area contributed by atoms with E-state index in [1.165, 1.54) is 0 Å². The molecule has 3 N–H and O–H groups in total. The van der Waals surface area contributed by atoms with Crippen LogP contribution in [0.2, 0.25) is 0 Å². The molecule has 4 heteroatoms. The normalized spacial score (nSPS) is 11.8. The first-order valence-corrected chi connectivity index (χ1v) is 4.40. The molecule has 1 atom stereocenters. The third-order valence-corrected chi connectivity index (χ3v) is 1.82. The van der Waals surface area contributed by atoms with Crippen molar-refractivity contribution in [2.24, 2.45) is 5.84 Å². The summed E-state index contributed by atoms with van der Waals surface area (Å²) in [5, 5.41) is 8.73. The lowest BCUT2D eigenvalue weighted by molar-refractivity contribution is 0.340. The molecule has 0 aromatic heterocycles. The zero-order chi connectivity index (χ0) is 10.4. The van der Waals surface area contributed by atoms with Crippen molar-refractivity contribution >= 4 is 0 Å². The number of rotatable bonds is 4. The van der Waals surface area contributed by atoms with Crippen molar-refractivity contribution in [3.8, 4) is 11.8 Å². The maximum atomic E-state index is 8.73.